The van der Waals surface area contributed by atoms with E-state index < -0.39 is 30.5 Å². The Balaban J connectivity index is 2.19. The molecule has 0 fully saturated rings. The second kappa shape index (κ2) is 6.91. The molecule has 3 N–H and O–H groups in total. The van der Waals surface area contributed by atoms with E-state index in [-0.39, 0.29) is 41.5 Å². The summed E-state index contributed by atoms with van der Waals surface area (Å²) in [5, 5.41) is 13.5. The topological polar surface area (TPSA) is 101 Å². The van der Waals surface area contributed by atoms with Crippen LogP contribution in [0.1, 0.15) is 28.5 Å². The van der Waals surface area contributed by atoms with Gasteiger partial charge in [0.15, 0.2) is 0 Å². The molecule has 7 nitrogen and oxygen atoms in total. The fourth-order valence-corrected chi connectivity index (χ4v) is 3.27. The van der Waals surface area contributed by atoms with Crippen LogP contribution in [-0.2, 0) is 6.54 Å². The first-order valence-electron chi connectivity index (χ1n) is 7.74. The number of nitrogens with zero attached hydrogens (tertiary/aromatic N) is 3. The van der Waals surface area contributed by atoms with E-state index in [1.165, 1.54) is 16.8 Å². The molecule has 3 rings (SSSR count). The van der Waals surface area contributed by atoms with Crippen LogP contribution in [0.15, 0.2) is 18.2 Å². The van der Waals surface area contributed by atoms with Crippen molar-refractivity contribution in [1.29, 1.82) is 0 Å². The maximum absolute atomic E-state index is 13.4. The number of benzene rings is 1. The number of primary amides is 1. The van der Waals surface area contributed by atoms with Gasteiger partial charge in [-0.1, -0.05) is 11.6 Å². The van der Waals surface area contributed by atoms with Crippen LogP contribution >= 0.6 is 11.6 Å². The molecule has 1 aliphatic heterocycles. The largest absolute Gasteiger partial charge is 0.465 e. The summed E-state index contributed by atoms with van der Waals surface area (Å²) in [5.74, 6) is -1.44. The normalized spacial score (nSPS) is 16.4. The molecule has 0 radical (unpaired) electrons. The number of carbonyl (C=O) groups is 2. The number of rotatable bonds is 4. The first-order valence-corrected chi connectivity index (χ1v) is 8.11. The van der Waals surface area contributed by atoms with Crippen molar-refractivity contribution >= 4 is 23.6 Å². The minimum atomic E-state index is -1.19. The van der Waals surface area contributed by atoms with Gasteiger partial charge in [-0.3, -0.25) is 13.9 Å². The highest BCUT2D eigenvalue weighted by molar-refractivity contribution is 6.31. The summed E-state index contributed by atoms with van der Waals surface area (Å²) in [4.78, 5) is 24.5. The Morgan fingerprint density at radius 2 is 2.15 bits per heavy atom. The number of amides is 2. The number of nitrogens with two attached hydrogens (primary N) is 1. The second-order valence-electron chi connectivity index (χ2n) is 5.90. The van der Waals surface area contributed by atoms with Crippen LogP contribution in [0, 0.1) is 5.82 Å². The van der Waals surface area contributed by atoms with E-state index in [0.29, 0.717) is 5.56 Å². The summed E-state index contributed by atoms with van der Waals surface area (Å²) in [7, 11) is 0. The van der Waals surface area contributed by atoms with Gasteiger partial charge < -0.3 is 15.7 Å². The first-order chi connectivity index (χ1) is 12.3. The average molecular weight is 385 g/mol. The molecule has 0 saturated carbocycles. The van der Waals surface area contributed by atoms with Crippen molar-refractivity contribution in [2.24, 2.45) is 5.73 Å². The highest BCUT2D eigenvalue weighted by atomic mass is 35.5. The summed E-state index contributed by atoms with van der Waals surface area (Å²) < 4.78 is 27.8. The Hall–Kier alpha value is -2.68. The van der Waals surface area contributed by atoms with Gasteiger partial charge in [-0.15, -0.1) is 0 Å². The number of aromatic nitrogens is 2. The fourth-order valence-electron chi connectivity index (χ4n) is 3.09. The van der Waals surface area contributed by atoms with E-state index in [4.69, 9.17) is 17.3 Å². The molecule has 10 heteroatoms. The van der Waals surface area contributed by atoms with E-state index >= 15 is 0 Å². The Kier molecular flexibility index (Phi) is 4.82. The standard InChI is InChI=1S/C16H15ClF2N4O3/c17-10-5-8(1-2-11(10)19)14-13(15(20)24)12-7-22(16(25)26)6-9(3-4-18)23(12)21-14/h1-2,5,9H,3-4,6-7H2,(H2,20,24)(H,25,26). The van der Waals surface area contributed by atoms with Crippen molar-refractivity contribution in [3.63, 3.8) is 0 Å². The van der Waals surface area contributed by atoms with Gasteiger partial charge >= 0.3 is 6.09 Å². The monoisotopic (exact) mass is 384 g/mol. The smallest absolute Gasteiger partial charge is 0.407 e. The summed E-state index contributed by atoms with van der Waals surface area (Å²) in [6.45, 7) is -0.755. The van der Waals surface area contributed by atoms with Gasteiger partial charge in [-0.25, -0.2) is 9.18 Å². The Bertz CT molecular complexity index is 887. The van der Waals surface area contributed by atoms with Gasteiger partial charge in [0.2, 0.25) is 0 Å². The van der Waals surface area contributed by atoms with Crippen molar-refractivity contribution in [2.45, 2.75) is 19.0 Å². The third-order valence-electron chi connectivity index (χ3n) is 4.28. The highest BCUT2D eigenvalue weighted by Crippen LogP contribution is 2.34. The third kappa shape index (κ3) is 3.10. The number of hydrogen-bond donors (Lipinski definition) is 2. The van der Waals surface area contributed by atoms with Crippen LogP contribution < -0.4 is 5.73 Å². The van der Waals surface area contributed by atoms with Crippen molar-refractivity contribution in [3.8, 4) is 11.3 Å². The molecule has 0 saturated heterocycles. The van der Waals surface area contributed by atoms with Crippen LogP contribution in [0.5, 0.6) is 0 Å². The van der Waals surface area contributed by atoms with Crippen LogP contribution in [0.4, 0.5) is 13.6 Å². The summed E-state index contributed by atoms with van der Waals surface area (Å²) in [5.41, 5.74) is 6.30. The van der Waals surface area contributed by atoms with E-state index in [9.17, 15) is 23.5 Å². The van der Waals surface area contributed by atoms with Crippen LogP contribution in [0.2, 0.25) is 5.02 Å². The average Bonchev–Trinajstić information content (AvgIpc) is 2.97. The van der Waals surface area contributed by atoms with Crippen molar-refractivity contribution in [1.82, 2.24) is 14.7 Å². The lowest BCUT2D eigenvalue weighted by Gasteiger charge is -2.32. The SMILES string of the molecule is NC(=O)c1c(-c2ccc(F)c(Cl)c2)nn2c1CN(C(=O)O)CC2CCF. The minimum absolute atomic E-state index is 0.0162. The van der Waals surface area contributed by atoms with E-state index in [1.54, 1.807) is 0 Å². The van der Waals surface area contributed by atoms with Gasteiger partial charge in [-0.05, 0) is 24.6 Å². The van der Waals surface area contributed by atoms with Gasteiger partial charge in [0.1, 0.15) is 11.5 Å². The van der Waals surface area contributed by atoms with Gasteiger partial charge in [0.25, 0.3) is 5.91 Å². The molecule has 1 aromatic heterocycles. The lowest BCUT2D eigenvalue weighted by Crippen LogP contribution is -2.41. The molecule has 1 atom stereocenters. The van der Waals surface area contributed by atoms with Crippen LogP contribution in [0.3, 0.4) is 0 Å². The zero-order chi connectivity index (χ0) is 19.0. The van der Waals surface area contributed by atoms with Gasteiger partial charge in [0.05, 0.1) is 35.5 Å². The molecule has 0 spiro atoms. The van der Waals surface area contributed by atoms with Gasteiger partial charge in [-0.2, -0.15) is 5.10 Å². The molecule has 2 aromatic rings. The molecule has 2 amide bonds. The molecular weight excluding hydrogens is 370 g/mol. The molecule has 1 unspecified atom stereocenters. The zero-order valence-electron chi connectivity index (χ0n) is 13.5. The summed E-state index contributed by atoms with van der Waals surface area (Å²) in [6, 6.07) is 3.24. The first kappa shape index (κ1) is 18.1. The highest BCUT2D eigenvalue weighted by Gasteiger charge is 2.34. The van der Waals surface area contributed by atoms with Crippen molar-refractivity contribution in [2.75, 3.05) is 13.2 Å². The quantitative estimate of drug-likeness (QED) is 0.846. The molecule has 0 aliphatic carbocycles. The lowest BCUT2D eigenvalue weighted by molar-refractivity contribution is 0.0986. The third-order valence-corrected chi connectivity index (χ3v) is 4.57. The second-order valence-corrected chi connectivity index (χ2v) is 6.31. The molecule has 1 aliphatic rings. The zero-order valence-corrected chi connectivity index (χ0v) is 14.2. The lowest BCUT2D eigenvalue weighted by atomic mass is 10.0. The fraction of sp³-hybridized carbons (Fsp3) is 0.312. The molecule has 138 valence electrons. The van der Waals surface area contributed by atoms with Crippen LogP contribution in [-0.4, -0.2) is 45.0 Å². The predicted molar refractivity (Wildman–Crippen MR) is 89.2 cm³/mol. The van der Waals surface area contributed by atoms with Gasteiger partial charge in [0, 0.05) is 12.1 Å². The summed E-state index contributed by atoms with van der Waals surface area (Å²) in [6.07, 6.45) is -1.16. The van der Waals surface area contributed by atoms with E-state index in [2.05, 4.69) is 5.10 Å². The number of halogens is 3. The maximum Gasteiger partial charge on any atom is 0.407 e. The predicted octanol–water partition coefficient (Wildman–Crippen LogP) is 2.84. The van der Waals surface area contributed by atoms with Crippen molar-refractivity contribution < 1.29 is 23.5 Å². The number of hydrogen-bond acceptors (Lipinski definition) is 3. The minimum Gasteiger partial charge on any atom is -0.465 e. The van der Waals surface area contributed by atoms with E-state index in [0.717, 1.165) is 11.0 Å². The number of alkyl halides is 1. The molecule has 0 bridgehead atoms. The maximum atomic E-state index is 13.4. The molecule has 26 heavy (non-hydrogen) atoms. The summed E-state index contributed by atoms with van der Waals surface area (Å²) >= 11 is 5.80. The van der Waals surface area contributed by atoms with Crippen LogP contribution in [0.25, 0.3) is 11.3 Å². The molecule has 2 heterocycles. The Morgan fingerprint density at radius 3 is 2.73 bits per heavy atom. The Morgan fingerprint density at radius 1 is 1.42 bits per heavy atom. The van der Waals surface area contributed by atoms with E-state index in [1.807, 2.05) is 0 Å². The number of carboxylic acid groups (broad SMARTS) is 1. The number of carbonyl (C=O) groups excluding carboxylic acids is 1. The van der Waals surface area contributed by atoms with Crippen molar-refractivity contribution in [3.05, 3.63) is 40.3 Å². The number of fused-ring (bicyclic) bond motifs is 1. The molecule has 1 aromatic carbocycles. The Labute approximate surface area is 151 Å². The molecular formula is C16H15ClF2N4O3.